The first kappa shape index (κ1) is 22.3. The lowest BCUT2D eigenvalue weighted by Gasteiger charge is -2.40. The van der Waals surface area contributed by atoms with Gasteiger partial charge < -0.3 is 14.7 Å². The van der Waals surface area contributed by atoms with Crippen molar-refractivity contribution >= 4 is 45.2 Å². The number of thiazole rings is 1. The Hall–Kier alpha value is -2.52. The molecule has 1 saturated heterocycles. The Balaban J connectivity index is 1.46. The van der Waals surface area contributed by atoms with Crippen molar-refractivity contribution in [3.63, 3.8) is 0 Å². The Labute approximate surface area is 205 Å². The predicted molar refractivity (Wildman–Crippen MR) is 132 cm³/mol. The number of fused-ring (bicyclic) bond motifs is 1. The molecule has 0 radical (unpaired) electrons. The van der Waals surface area contributed by atoms with Crippen molar-refractivity contribution in [1.29, 1.82) is 0 Å². The summed E-state index contributed by atoms with van der Waals surface area (Å²) in [5, 5.41) is 16.4. The second-order valence-electron chi connectivity index (χ2n) is 7.94. The highest BCUT2D eigenvalue weighted by atomic mass is 35.5. The molecule has 0 bridgehead atoms. The van der Waals surface area contributed by atoms with Crippen LogP contribution >= 0.6 is 34.5 Å². The highest BCUT2D eigenvalue weighted by molar-refractivity contribution is 7.17. The molecule has 5 rings (SSSR count). The van der Waals surface area contributed by atoms with Crippen LogP contribution in [0.3, 0.4) is 0 Å². The molecule has 0 saturated carbocycles. The van der Waals surface area contributed by atoms with E-state index in [0.717, 1.165) is 42.4 Å². The first-order chi connectivity index (χ1) is 15.9. The number of halogens is 2. The van der Waals surface area contributed by atoms with E-state index >= 15 is 0 Å². The van der Waals surface area contributed by atoms with E-state index < -0.39 is 0 Å². The summed E-state index contributed by atoms with van der Waals surface area (Å²) >= 11 is 14.0. The van der Waals surface area contributed by atoms with Gasteiger partial charge in [-0.2, -0.15) is 4.52 Å². The van der Waals surface area contributed by atoms with Crippen molar-refractivity contribution in [3.05, 3.63) is 68.8 Å². The second-order valence-corrected chi connectivity index (χ2v) is 9.76. The normalized spacial score (nSPS) is 15.8. The molecule has 0 amide bonds. The zero-order valence-electron chi connectivity index (χ0n) is 18.2. The first-order valence-electron chi connectivity index (χ1n) is 10.6. The lowest BCUT2D eigenvalue weighted by atomic mass is 10.0. The third-order valence-corrected chi connectivity index (χ3v) is 7.74. The first-order valence-corrected chi connectivity index (χ1v) is 12.1. The molecule has 3 heterocycles. The van der Waals surface area contributed by atoms with Gasteiger partial charge in [0.25, 0.3) is 0 Å². The molecule has 33 heavy (non-hydrogen) atoms. The Morgan fingerprint density at radius 3 is 2.39 bits per heavy atom. The van der Waals surface area contributed by atoms with E-state index in [9.17, 15) is 5.11 Å². The molecular formula is C23H23Cl2N5O2S. The molecule has 2 aromatic carbocycles. The van der Waals surface area contributed by atoms with Crippen LogP contribution in [0.5, 0.6) is 11.6 Å². The molecule has 0 aliphatic carbocycles. The third-order valence-electron chi connectivity index (χ3n) is 5.93. The number of methoxy groups -OCH3 is 1. The van der Waals surface area contributed by atoms with Gasteiger partial charge in [0.15, 0.2) is 0 Å². The summed E-state index contributed by atoms with van der Waals surface area (Å²) in [6.45, 7) is 5.13. The third kappa shape index (κ3) is 4.24. The molecule has 1 N–H and O–H groups in total. The standard InChI is InChI=1S/C23H23Cl2N5O2S/c1-14-26-23-30(27-14)22(31)21(33-23)20(15-3-8-18(24)19(25)13-15)29-11-9-28(10-12-29)16-4-6-17(32-2)7-5-16/h3-8,13,20,31H,9-12H2,1-2H3/t20-/m1/s1. The fourth-order valence-electron chi connectivity index (χ4n) is 4.27. The van der Waals surface area contributed by atoms with Gasteiger partial charge in [0.2, 0.25) is 10.8 Å². The van der Waals surface area contributed by atoms with Crippen molar-refractivity contribution in [3.8, 4) is 11.6 Å². The van der Waals surface area contributed by atoms with Crippen LogP contribution in [0.15, 0.2) is 42.5 Å². The molecule has 1 aliphatic heterocycles. The molecule has 0 spiro atoms. The van der Waals surface area contributed by atoms with E-state index in [1.807, 2.05) is 31.2 Å². The monoisotopic (exact) mass is 503 g/mol. The molecule has 7 nitrogen and oxygen atoms in total. The average molecular weight is 504 g/mol. The van der Waals surface area contributed by atoms with Gasteiger partial charge in [-0.05, 0) is 48.9 Å². The minimum absolute atomic E-state index is 0.115. The molecule has 2 aromatic heterocycles. The van der Waals surface area contributed by atoms with Gasteiger partial charge in [-0.15, -0.1) is 5.10 Å². The van der Waals surface area contributed by atoms with Crippen molar-refractivity contribution in [1.82, 2.24) is 19.5 Å². The molecule has 172 valence electrons. The van der Waals surface area contributed by atoms with Gasteiger partial charge in [0, 0.05) is 31.9 Å². The minimum Gasteiger partial charge on any atom is -0.497 e. The van der Waals surface area contributed by atoms with Gasteiger partial charge >= 0.3 is 0 Å². The highest BCUT2D eigenvalue weighted by Crippen LogP contribution is 2.41. The lowest BCUT2D eigenvalue weighted by Crippen LogP contribution is -2.47. The van der Waals surface area contributed by atoms with E-state index in [0.29, 0.717) is 20.8 Å². The SMILES string of the molecule is COc1ccc(N2CCN([C@H](c3ccc(Cl)c(Cl)c3)c3sc4nc(C)nn4c3O)CC2)cc1. The number of nitrogens with zero attached hydrogens (tertiary/aromatic N) is 5. The molecule has 4 aromatic rings. The van der Waals surface area contributed by atoms with E-state index in [2.05, 4.69) is 32.0 Å². The average Bonchev–Trinajstić information content (AvgIpc) is 3.34. The van der Waals surface area contributed by atoms with Crippen LogP contribution in [0.1, 0.15) is 22.3 Å². The Morgan fingerprint density at radius 2 is 1.76 bits per heavy atom. The lowest BCUT2D eigenvalue weighted by molar-refractivity contribution is 0.211. The fourth-order valence-corrected chi connectivity index (χ4v) is 5.74. The van der Waals surface area contributed by atoms with Crippen LogP contribution in [0.25, 0.3) is 4.96 Å². The molecule has 10 heteroatoms. The van der Waals surface area contributed by atoms with Crippen molar-refractivity contribution in [2.24, 2.45) is 0 Å². The maximum absolute atomic E-state index is 11.0. The van der Waals surface area contributed by atoms with Gasteiger partial charge in [-0.25, -0.2) is 4.98 Å². The maximum Gasteiger partial charge on any atom is 0.230 e. The second kappa shape index (κ2) is 9.02. The molecular weight excluding hydrogens is 481 g/mol. The zero-order chi connectivity index (χ0) is 23.1. The van der Waals surface area contributed by atoms with Crippen molar-refractivity contribution < 1.29 is 9.84 Å². The number of piperazine rings is 1. The Kier molecular flexibility index (Phi) is 6.09. The number of hydrogen-bond acceptors (Lipinski definition) is 7. The minimum atomic E-state index is -0.188. The Bertz CT molecular complexity index is 1280. The van der Waals surface area contributed by atoms with Crippen molar-refractivity contribution in [2.45, 2.75) is 13.0 Å². The number of benzene rings is 2. The molecule has 1 aliphatic rings. The zero-order valence-corrected chi connectivity index (χ0v) is 20.5. The fraction of sp³-hybridized carbons (Fsp3) is 0.304. The molecule has 1 fully saturated rings. The van der Waals surface area contributed by atoms with Gasteiger partial charge in [-0.3, -0.25) is 4.90 Å². The van der Waals surface area contributed by atoms with Crippen LogP contribution in [-0.2, 0) is 0 Å². The Morgan fingerprint density at radius 1 is 1.03 bits per heavy atom. The summed E-state index contributed by atoms with van der Waals surface area (Å²) in [5.41, 5.74) is 2.14. The van der Waals surface area contributed by atoms with Gasteiger partial charge in [-0.1, -0.05) is 40.6 Å². The number of aromatic hydroxyl groups is 1. The van der Waals surface area contributed by atoms with Gasteiger partial charge in [0.05, 0.1) is 28.1 Å². The van der Waals surface area contributed by atoms with Crippen LogP contribution in [0.4, 0.5) is 5.69 Å². The summed E-state index contributed by atoms with van der Waals surface area (Å²) in [4.78, 5) is 10.6. The maximum atomic E-state index is 11.0. The number of hydrogen-bond donors (Lipinski definition) is 1. The summed E-state index contributed by atoms with van der Waals surface area (Å²) < 4.78 is 6.78. The summed E-state index contributed by atoms with van der Waals surface area (Å²) in [7, 11) is 1.67. The topological polar surface area (TPSA) is 66.1 Å². The molecule has 0 unspecified atom stereocenters. The van der Waals surface area contributed by atoms with Crippen LogP contribution in [0.2, 0.25) is 10.0 Å². The number of aryl methyl sites for hydroxylation is 1. The van der Waals surface area contributed by atoms with E-state index in [1.165, 1.54) is 21.5 Å². The van der Waals surface area contributed by atoms with Gasteiger partial charge in [0.1, 0.15) is 11.6 Å². The highest BCUT2D eigenvalue weighted by Gasteiger charge is 2.32. The van der Waals surface area contributed by atoms with Crippen molar-refractivity contribution in [2.75, 3.05) is 38.2 Å². The van der Waals surface area contributed by atoms with E-state index in [1.54, 1.807) is 13.2 Å². The smallest absolute Gasteiger partial charge is 0.230 e. The van der Waals surface area contributed by atoms with E-state index in [-0.39, 0.29) is 11.9 Å². The summed E-state index contributed by atoms with van der Waals surface area (Å²) in [6.07, 6.45) is 0. The molecule has 1 atom stereocenters. The van der Waals surface area contributed by atoms with Crippen LogP contribution in [0, 0.1) is 6.92 Å². The number of rotatable bonds is 5. The van der Waals surface area contributed by atoms with Crippen LogP contribution < -0.4 is 9.64 Å². The number of ether oxygens (including phenoxy) is 1. The summed E-state index contributed by atoms with van der Waals surface area (Å²) in [6, 6.07) is 13.6. The number of anilines is 1. The number of aromatic nitrogens is 3. The predicted octanol–water partition coefficient (Wildman–Crippen LogP) is 5.03. The quantitative estimate of drug-likeness (QED) is 0.411. The van der Waals surface area contributed by atoms with Crippen LogP contribution in [-0.4, -0.2) is 57.9 Å². The largest absolute Gasteiger partial charge is 0.497 e. The van der Waals surface area contributed by atoms with E-state index in [4.69, 9.17) is 27.9 Å². The summed E-state index contributed by atoms with van der Waals surface area (Å²) in [5.74, 6) is 1.59.